The first kappa shape index (κ1) is 23.7. The molecular weight excluding hydrogens is 475 g/mol. The van der Waals surface area contributed by atoms with Crippen LogP contribution < -0.4 is 10.6 Å². The van der Waals surface area contributed by atoms with Gasteiger partial charge in [-0.2, -0.15) is 5.10 Å². The molecule has 0 spiro atoms. The molecule has 0 amide bonds. The zero-order valence-electron chi connectivity index (χ0n) is 17.8. The summed E-state index contributed by atoms with van der Waals surface area (Å²) in [5.41, 5.74) is 2.98. The van der Waals surface area contributed by atoms with E-state index in [2.05, 4.69) is 63.7 Å². The van der Waals surface area contributed by atoms with Crippen molar-refractivity contribution in [1.82, 2.24) is 25.3 Å². The highest BCUT2D eigenvalue weighted by Crippen LogP contribution is 2.22. The third-order valence-electron chi connectivity index (χ3n) is 5.52. The normalized spacial score (nSPS) is 15.5. The van der Waals surface area contributed by atoms with Crippen molar-refractivity contribution in [2.45, 2.75) is 45.8 Å². The minimum absolute atomic E-state index is 0. The van der Waals surface area contributed by atoms with Crippen molar-refractivity contribution < 1.29 is 0 Å². The van der Waals surface area contributed by atoms with Gasteiger partial charge in [-0.1, -0.05) is 38.1 Å². The molecule has 29 heavy (non-hydrogen) atoms. The number of benzene rings is 1. The molecule has 1 aliphatic rings. The summed E-state index contributed by atoms with van der Waals surface area (Å²) in [5, 5.41) is 11.2. The first-order chi connectivity index (χ1) is 13.7. The van der Waals surface area contributed by atoms with Crippen molar-refractivity contribution >= 4 is 29.9 Å². The van der Waals surface area contributed by atoms with E-state index >= 15 is 0 Å². The first-order valence-corrected chi connectivity index (χ1v) is 10.4. The van der Waals surface area contributed by atoms with Gasteiger partial charge < -0.3 is 10.6 Å². The van der Waals surface area contributed by atoms with Gasteiger partial charge in [0.25, 0.3) is 0 Å². The molecule has 1 atom stereocenters. The molecule has 1 aromatic heterocycles. The Bertz CT molecular complexity index is 744. The summed E-state index contributed by atoms with van der Waals surface area (Å²) in [6, 6.07) is 11.3. The molecule has 1 aliphatic heterocycles. The third-order valence-corrected chi connectivity index (χ3v) is 5.52. The van der Waals surface area contributed by atoms with Gasteiger partial charge in [0.15, 0.2) is 5.96 Å². The van der Waals surface area contributed by atoms with E-state index in [-0.39, 0.29) is 24.0 Å². The van der Waals surface area contributed by atoms with Crippen molar-refractivity contribution in [3.8, 4) is 0 Å². The molecular formula is C22H35IN6. The summed E-state index contributed by atoms with van der Waals surface area (Å²) in [5.74, 6) is 1.46. The second-order valence-electron chi connectivity index (χ2n) is 7.80. The van der Waals surface area contributed by atoms with Crippen molar-refractivity contribution in [3.05, 3.63) is 53.9 Å². The maximum atomic E-state index is 4.39. The quantitative estimate of drug-likeness (QED) is 0.248. The van der Waals surface area contributed by atoms with Crippen LogP contribution in [0.1, 0.15) is 31.4 Å². The number of fused-ring (bicyclic) bond motifs is 1. The zero-order chi connectivity index (χ0) is 19.8. The molecule has 0 radical (unpaired) electrons. The van der Waals surface area contributed by atoms with E-state index in [1.54, 1.807) is 0 Å². The Morgan fingerprint density at radius 3 is 2.66 bits per heavy atom. The molecule has 6 nitrogen and oxygen atoms in total. The van der Waals surface area contributed by atoms with Crippen LogP contribution in [0.25, 0.3) is 0 Å². The number of nitrogens with zero attached hydrogens (tertiary/aromatic N) is 4. The molecule has 160 valence electrons. The fraction of sp³-hybridized carbons (Fsp3) is 0.545. The number of halogens is 1. The van der Waals surface area contributed by atoms with Gasteiger partial charge >= 0.3 is 0 Å². The van der Waals surface area contributed by atoms with E-state index in [1.165, 1.54) is 11.1 Å². The van der Waals surface area contributed by atoms with Crippen LogP contribution in [-0.4, -0.2) is 53.4 Å². The summed E-state index contributed by atoms with van der Waals surface area (Å²) in [4.78, 5) is 7.00. The number of guanidine groups is 1. The van der Waals surface area contributed by atoms with Crippen molar-refractivity contribution in [1.29, 1.82) is 0 Å². The van der Waals surface area contributed by atoms with E-state index < -0.39 is 0 Å². The highest BCUT2D eigenvalue weighted by Gasteiger charge is 2.25. The second-order valence-corrected chi connectivity index (χ2v) is 7.80. The standard InChI is InChI=1S/C22H34N6.HI/c1-18(2)21(27-15-10-19-8-4-5-9-20(19)17-27)16-25-22(23-3)24-11-6-13-28-14-7-12-26-28;/h4-5,7-9,12,14,18,21H,6,10-11,13,15-17H2,1-3H3,(H2,23,24,25);1H. The molecule has 2 aromatic rings. The van der Waals surface area contributed by atoms with Gasteiger partial charge in [0, 0.05) is 58.2 Å². The molecule has 0 aliphatic carbocycles. The number of aliphatic imine (C=N–C) groups is 1. The maximum Gasteiger partial charge on any atom is 0.191 e. The van der Waals surface area contributed by atoms with Crippen LogP contribution in [0.4, 0.5) is 0 Å². The lowest BCUT2D eigenvalue weighted by Gasteiger charge is -2.38. The van der Waals surface area contributed by atoms with Crippen LogP contribution in [0, 0.1) is 5.92 Å². The van der Waals surface area contributed by atoms with Crippen LogP contribution in [0.5, 0.6) is 0 Å². The number of hydrogen-bond acceptors (Lipinski definition) is 3. The van der Waals surface area contributed by atoms with Crippen molar-refractivity contribution in [2.24, 2.45) is 10.9 Å². The molecule has 1 aromatic carbocycles. The minimum atomic E-state index is 0. The fourth-order valence-electron chi connectivity index (χ4n) is 3.89. The minimum Gasteiger partial charge on any atom is -0.356 e. The lowest BCUT2D eigenvalue weighted by Crippen LogP contribution is -2.50. The Labute approximate surface area is 192 Å². The Balaban J connectivity index is 0.00000300. The van der Waals surface area contributed by atoms with E-state index in [9.17, 15) is 0 Å². The Kier molecular flexibility index (Phi) is 9.93. The predicted octanol–water partition coefficient (Wildman–Crippen LogP) is 3.14. The summed E-state index contributed by atoms with van der Waals surface area (Å²) in [6.07, 6.45) is 5.97. The molecule has 0 saturated heterocycles. The number of nitrogens with one attached hydrogen (secondary N) is 2. The monoisotopic (exact) mass is 510 g/mol. The molecule has 7 heteroatoms. The number of hydrogen-bond donors (Lipinski definition) is 2. The lowest BCUT2D eigenvalue weighted by atomic mass is 9.95. The number of aromatic nitrogens is 2. The third kappa shape index (κ3) is 6.99. The van der Waals surface area contributed by atoms with Gasteiger partial charge in [-0.25, -0.2) is 0 Å². The Morgan fingerprint density at radius 2 is 1.97 bits per heavy atom. The molecule has 0 bridgehead atoms. The molecule has 0 fully saturated rings. The molecule has 2 N–H and O–H groups in total. The Hall–Kier alpha value is -1.61. The van der Waals surface area contributed by atoms with Gasteiger partial charge in [-0.05, 0) is 36.0 Å². The second kappa shape index (κ2) is 12.2. The van der Waals surface area contributed by atoms with Gasteiger partial charge in [-0.3, -0.25) is 14.6 Å². The van der Waals surface area contributed by atoms with Crippen LogP contribution >= 0.6 is 24.0 Å². The highest BCUT2D eigenvalue weighted by molar-refractivity contribution is 14.0. The highest BCUT2D eigenvalue weighted by atomic mass is 127. The summed E-state index contributed by atoms with van der Waals surface area (Å²) in [6.45, 7) is 9.48. The lowest BCUT2D eigenvalue weighted by molar-refractivity contribution is 0.140. The van der Waals surface area contributed by atoms with E-state index in [4.69, 9.17) is 0 Å². The maximum absolute atomic E-state index is 4.39. The predicted molar refractivity (Wildman–Crippen MR) is 131 cm³/mol. The van der Waals surface area contributed by atoms with Crippen LogP contribution in [0.2, 0.25) is 0 Å². The molecule has 0 saturated carbocycles. The Morgan fingerprint density at radius 1 is 1.17 bits per heavy atom. The summed E-state index contributed by atoms with van der Waals surface area (Å²) in [7, 11) is 1.84. The smallest absolute Gasteiger partial charge is 0.191 e. The summed E-state index contributed by atoms with van der Waals surface area (Å²) >= 11 is 0. The van der Waals surface area contributed by atoms with Gasteiger partial charge in [0.1, 0.15) is 0 Å². The average Bonchev–Trinajstić information content (AvgIpc) is 3.23. The molecule has 3 rings (SSSR count). The number of aryl methyl sites for hydroxylation is 1. The first-order valence-electron chi connectivity index (χ1n) is 10.4. The zero-order valence-corrected chi connectivity index (χ0v) is 20.2. The van der Waals surface area contributed by atoms with Gasteiger partial charge in [-0.15, -0.1) is 24.0 Å². The number of rotatable bonds is 8. The largest absolute Gasteiger partial charge is 0.356 e. The molecule has 2 heterocycles. The van der Waals surface area contributed by atoms with Crippen molar-refractivity contribution in [2.75, 3.05) is 26.7 Å². The molecule has 1 unspecified atom stereocenters. The van der Waals surface area contributed by atoms with Crippen LogP contribution in [-0.2, 0) is 19.5 Å². The van der Waals surface area contributed by atoms with E-state index in [1.807, 2.05) is 30.2 Å². The topological polar surface area (TPSA) is 57.5 Å². The van der Waals surface area contributed by atoms with E-state index in [0.717, 1.165) is 51.5 Å². The fourth-order valence-corrected chi connectivity index (χ4v) is 3.89. The van der Waals surface area contributed by atoms with Gasteiger partial charge in [0.05, 0.1) is 0 Å². The van der Waals surface area contributed by atoms with Crippen LogP contribution in [0.3, 0.4) is 0 Å². The average molecular weight is 510 g/mol. The van der Waals surface area contributed by atoms with E-state index in [0.29, 0.717) is 12.0 Å². The SMILES string of the molecule is CN=C(NCCCn1cccn1)NCC(C(C)C)N1CCc2ccccc2C1.I. The van der Waals surface area contributed by atoms with Gasteiger partial charge in [0.2, 0.25) is 0 Å². The van der Waals surface area contributed by atoms with Crippen molar-refractivity contribution in [3.63, 3.8) is 0 Å². The van der Waals surface area contributed by atoms with Crippen LogP contribution in [0.15, 0.2) is 47.7 Å². The summed E-state index contributed by atoms with van der Waals surface area (Å²) < 4.78 is 1.96.